The van der Waals surface area contributed by atoms with Crippen molar-refractivity contribution in [1.82, 2.24) is 5.32 Å². The molecule has 1 saturated heterocycles. The van der Waals surface area contributed by atoms with E-state index < -0.39 is 5.60 Å². The molecule has 1 fully saturated rings. The highest BCUT2D eigenvalue weighted by atomic mass is 16.5. The highest BCUT2D eigenvalue weighted by molar-refractivity contribution is 5.75. The molecule has 0 aromatic rings. The van der Waals surface area contributed by atoms with Gasteiger partial charge in [0.1, 0.15) is 5.60 Å². The van der Waals surface area contributed by atoms with E-state index in [1.165, 1.54) is 0 Å². The van der Waals surface area contributed by atoms with Crippen molar-refractivity contribution in [3.8, 4) is 0 Å². The highest BCUT2D eigenvalue weighted by Crippen LogP contribution is 2.24. The van der Waals surface area contributed by atoms with Gasteiger partial charge in [0, 0.05) is 32.6 Å². The Hall–Kier alpha value is -0.650. The maximum Gasteiger partial charge on any atom is 0.220 e. The van der Waals surface area contributed by atoms with Gasteiger partial charge in [-0.05, 0) is 13.3 Å². The third-order valence-corrected chi connectivity index (χ3v) is 2.81. The van der Waals surface area contributed by atoms with Gasteiger partial charge >= 0.3 is 0 Å². The molecule has 15 heavy (non-hydrogen) atoms. The lowest BCUT2D eigenvalue weighted by Crippen LogP contribution is -2.47. The number of amides is 1. The van der Waals surface area contributed by atoms with Gasteiger partial charge in [0.05, 0.1) is 6.10 Å². The maximum absolute atomic E-state index is 11.2. The molecule has 1 amide bonds. The Balaban J connectivity index is 2.26. The maximum atomic E-state index is 11.2. The minimum atomic E-state index is -0.936. The lowest BCUT2D eigenvalue weighted by atomic mass is 9.97. The van der Waals surface area contributed by atoms with E-state index in [1.807, 2.05) is 0 Å². The summed E-state index contributed by atoms with van der Waals surface area (Å²) in [5, 5.41) is 21.2. The zero-order chi connectivity index (χ0) is 11.3. The van der Waals surface area contributed by atoms with E-state index in [9.17, 15) is 9.90 Å². The molecule has 1 rings (SSSR count). The van der Waals surface area contributed by atoms with Crippen molar-refractivity contribution >= 4 is 5.91 Å². The van der Waals surface area contributed by atoms with E-state index >= 15 is 0 Å². The number of aliphatic hydroxyl groups is 2. The lowest BCUT2D eigenvalue weighted by Gasteiger charge is -2.26. The SMILES string of the molecule is CC1OCCC1(O)CNC(=O)CCCO. The summed E-state index contributed by atoms with van der Waals surface area (Å²) in [6.07, 6.45) is 1.06. The van der Waals surface area contributed by atoms with Gasteiger partial charge < -0.3 is 20.3 Å². The van der Waals surface area contributed by atoms with E-state index in [0.717, 1.165) is 0 Å². The molecule has 3 N–H and O–H groups in total. The van der Waals surface area contributed by atoms with E-state index in [-0.39, 0.29) is 25.2 Å². The Bertz CT molecular complexity index is 221. The van der Waals surface area contributed by atoms with Crippen molar-refractivity contribution < 1.29 is 19.7 Å². The molecule has 1 heterocycles. The van der Waals surface area contributed by atoms with E-state index in [1.54, 1.807) is 6.92 Å². The zero-order valence-corrected chi connectivity index (χ0v) is 9.03. The molecule has 0 bridgehead atoms. The molecule has 0 saturated carbocycles. The highest BCUT2D eigenvalue weighted by Gasteiger charge is 2.39. The second-order valence-electron chi connectivity index (χ2n) is 3.97. The standard InChI is InChI=1S/C10H19NO4/c1-8-10(14,4-6-15-8)7-11-9(13)3-2-5-12/h8,12,14H,2-7H2,1H3,(H,11,13). The molecule has 0 aromatic heterocycles. The largest absolute Gasteiger partial charge is 0.396 e. The summed E-state index contributed by atoms with van der Waals surface area (Å²) < 4.78 is 5.24. The second kappa shape index (κ2) is 5.44. The number of aliphatic hydroxyl groups excluding tert-OH is 1. The first kappa shape index (κ1) is 12.4. The first-order valence-corrected chi connectivity index (χ1v) is 5.30. The number of nitrogens with one attached hydrogen (secondary N) is 1. The van der Waals surface area contributed by atoms with E-state index in [0.29, 0.717) is 25.9 Å². The van der Waals surface area contributed by atoms with Crippen molar-refractivity contribution in [3.05, 3.63) is 0 Å². The molecule has 2 atom stereocenters. The van der Waals surface area contributed by atoms with Crippen LogP contribution in [-0.2, 0) is 9.53 Å². The van der Waals surface area contributed by atoms with Gasteiger partial charge in [-0.2, -0.15) is 0 Å². The van der Waals surface area contributed by atoms with Crippen LogP contribution in [0.25, 0.3) is 0 Å². The van der Waals surface area contributed by atoms with Crippen LogP contribution < -0.4 is 5.32 Å². The fourth-order valence-corrected chi connectivity index (χ4v) is 1.58. The number of ether oxygens (including phenoxy) is 1. The average molecular weight is 217 g/mol. The summed E-state index contributed by atoms with van der Waals surface area (Å²) in [5.41, 5.74) is -0.936. The van der Waals surface area contributed by atoms with Crippen molar-refractivity contribution in [3.63, 3.8) is 0 Å². The fourth-order valence-electron chi connectivity index (χ4n) is 1.58. The smallest absolute Gasteiger partial charge is 0.220 e. The molecular weight excluding hydrogens is 198 g/mol. The Morgan fingerprint density at radius 2 is 2.40 bits per heavy atom. The summed E-state index contributed by atoms with van der Waals surface area (Å²) in [4.78, 5) is 11.2. The first-order chi connectivity index (χ1) is 7.08. The zero-order valence-electron chi connectivity index (χ0n) is 9.03. The second-order valence-corrected chi connectivity index (χ2v) is 3.97. The van der Waals surface area contributed by atoms with Crippen LogP contribution >= 0.6 is 0 Å². The predicted octanol–water partition coefficient (Wildman–Crippen LogP) is -0.585. The van der Waals surface area contributed by atoms with Gasteiger partial charge in [-0.15, -0.1) is 0 Å². The minimum absolute atomic E-state index is 0.0111. The third-order valence-electron chi connectivity index (χ3n) is 2.81. The predicted molar refractivity (Wildman–Crippen MR) is 54.3 cm³/mol. The number of carbonyl (C=O) groups excluding carboxylic acids is 1. The van der Waals surface area contributed by atoms with Crippen LogP contribution in [0.3, 0.4) is 0 Å². The molecule has 88 valence electrons. The van der Waals surface area contributed by atoms with Crippen molar-refractivity contribution in [2.75, 3.05) is 19.8 Å². The number of hydrogen-bond donors (Lipinski definition) is 3. The fraction of sp³-hybridized carbons (Fsp3) is 0.900. The molecule has 5 nitrogen and oxygen atoms in total. The van der Waals surface area contributed by atoms with Crippen LogP contribution in [0.2, 0.25) is 0 Å². The van der Waals surface area contributed by atoms with Crippen molar-refractivity contribution in [2.45, 2.75) is 37.9 Å². The van der Waals surface area contributed by atoms with E-state index in [4.69, 9.17) is 9.84 Å². The molecule has 5 heteroatoms. The molecular formula is C10H19NO4. The van der Waals surface area contributed by atoms with Crippen molar-refractivity contribution in [1.29, 1.82) is 0 Å². The number of hydrogen-bond acceptors (Lipinski definition) is 4. The van der Waals surface area contributed by atoms with Gasteiger partial charge in [0.15, 0.2) is 0 Å². The average Bonchev–Trinajstić information content (AvgIpc) is 2.54. The first-order valence-electron chi connectivity index (χ1n) is 5.30. The van der Waals surface area contributed by atoms with Crippen LogP contribution in [-0.4, -0.2) is 47.6 Å². The van der Waals surface area contributed by atoms with Gasteiger partial charge in [-0.1, -0.05) is 0 Å². The Morgan fingerprint density at radius 3 is 2.93 bits per heavy atom. The van der Waals surface area contributed by atoms with Gasteiger partial charge in [-0.25, -0.2) is 0 Å². The quantitative estimate of drug-likeness (QED) is 0.575. The lowest BCUT2D eigenvalue weighted by molar-refractivity contribution is -0.123. The Kier molecular flexibility index (Phi) is 4.50. The molecule has 2 unspecified atom stereocenters. The summed E-state index contributed by atoms with van der Waals surface area (Å²) in [6, 6.07) is 0. The minimum Gasteiger partial charge on any atom is -0.396 e. The number of carbonyl (C=O) groups is 1. The van der Waals surface area contributed by atoms with Crippen LogP contribution in [0.4, 0.5) is 0 Å². The molecule has 0 aliphatic carbocycles. The Morgan fingerprint density at radius 1 is 1.67 bits per heavy atom. The monoisotopic (exact) mass is 217 g/mol. The number of rotatable bonds is 5. The molecule has 1 aliphatic rings. The molecule has 0 radical (unpaired) electrons. The Labute approximate surface area is 89.4 Å². The normalized spacial score (nSPS) is 30.5. The van der Waals surface area contributed by atoms with Crippen LogP contribution in [0, 0.1) is 0 Å². The summed E-state index contributed by atoms with van der Waals surface area (Å²) in [7, 11) is 0. The molecule has 0 spiro atoms. The summed E-state index contributed by atoms with van der Waals surface area (Å²) in [5.74, 6) is -0.142. The van der Waals surface area contributed by atoms with Crippen molar-refractivity contribution in [2.24, 2.45) is 0 Å². The third kappa shape index (κ3) is 3.44. The van der Waals surface area contributed by atoms with Gasteiger partial charge in [0.2, 0.25) is 5.91 Å². The van der Waals surface area contributed by atoms with Crippen LogP contribution in [0.15, 0.2) is 0 Å². The topological polar surface area (TPSA) is 78.8 Å². The van der Waals surface area contributed by atoms with E-state index in [2.05, 4.69) is 5.32 Å². The molecule has 1 aliphatic heterocycles. The summed E-state index contributed by atoms with van der Waals surface area (Å²) in [6.45, 7) is 2.56. The van der Waals surface area contributed by atoms with Crippen LogP contribution in [0.5, 0.6) is 0 Å². The van der Waals surface area contributed by atoms with Gasteiger partial charge in [0.25, 0.3) is 0 Å². The molecule has 0 aromatic carbocycles. The summed E-state index contributed by atoms with van der Waals surface area (Å²) >= 11 is 0. The van der Waals surface area contributed by atoms with Gasteiger partial charge in [-0.3, -0.25) is 4.79 Å². The van der Waals surface area contributed by atoms with Crippen LogP contribution in [0.1, 0.15) is 26.2 Å².